The van der Waals surface area contributed by atoms with Crippen molar-refractivity contribution in [1.82, 2.24) is 28.9 Å². The molecule has 4 rings (SSSR count). The average Bonchev–Trinajstić information content (AvgIpc) is 3.33. The van der Waals surface area contributed by atoms with Crippen molar-refractivity contribution >= 4 is 23.1 Å². The highest BCUT2D eigenvalue weighted by molar-refractivity contribution is 5.89. The van der Waals surface area contributed by atoms with E-state index in [9.17, 15) is 14.4 Å². The Kier molecular flexibility index (Phi) is 4.78. The van der Waals surface area contributed by atoms with E-state index in [1.807, 2.05) is 31.2 Å². The zero-order valence-corrected chi connectivity index (χ0v) is 16.6. The van der Waals surface area contributed by atoms with Crippen molar-refractivity contribution in [2.75, 3.05) is 5.32 Å². The van der Waals surface area contributed by atoms with E-state index in [0.717, 1.165) is 15.7 Å². The lowest BCUT2D eigenvalue weighted by atomic mass is 10.1. The molecule has 0 fully saturated rings. The highest BCUT2D eigenvalue weighted by Crippen LogP contribution is 2.12. The van der Waals surface area contributed by atoms with Gasteiger partial charge in [-0.25, -0.2) is 9.78 Å². The van der Waals surface area contributed by atoms with Crippen LogP contribution in [0.3, 0.4) is 0 Å². The summed E-state index contributed by atoms with van der Waals surface area (Å²) < 4.78 is 9.07. The van der Waals surface area contributed by atoms with Gasteiger partial charge in [0, 0.05) is 14.1 Å². The van der Waals surface area contributed by atoms with Crippen molar-refractivity contribution in [1.29, 1.82) is 0 Å². The van der Waals surface area contributed by atoms with Crippen LogP contribution in [0.25, 0.3) is 11.2 Å². The summed E-state index contributed by atoms with van der Waals surface area (Å²) in [6.07, 6.45) is 1.78. The van der Waals surface area contributed by atoms with E-state index in [1.54, 1.807) is 0 Å². The second-order valence-corrected chi connectivity index (χ2v) is 6.96. The zero-order valence-electron chi connectivity index (χ0n) is 16.6. The predicted molar refractivity (Wildman–Crippen MR) is 107 cm³/mol. The fraction of sp³-hybridized carbons (Fsp3) is 0.263. The van der Waals surface area contributed by atoms with Gasteiger partial charge in [0.15, 0.2) is 11.2 Å². The largest absolute Gasteiger partial charge is 0.407 e. The Morgan fingerprint density at radius 1 is 1.10 bits per heavy atom. The number of aryl methyl sites for hydroxylation is 2. The molecule has 1 aromatic carbocycles. The number of benzene rings is 1. The molecule has 0 aliphatic heterocycles. The van der Waals surface area contributed by atoms with E-state index >= 15 is 0 Å². The maximum absolute atomic E-state index is 12.4. The fourth-order valence-electron chi connectivity index (χ4n) is 3.09. The summed E-state index contributed by atoms with van der Waals surface area (Å²) in [5, 5.41) is 10.3. The number of hydrogen-bond acceptors (Lipinski definition) is 7. The molecule has 1 N–H and O–H groups in total. The van der Waals surface area contributed by atoms with Crippen LogP contribution in [-0.2, 0) is 31.9 Å². The maximum Gasteiger partial charge on any atom is 0.332 e. The standard InChI is InChI=1S/C19H19N7O4/c1-11-4-6-12(7-5-11)8-14-22-23-18(30-14)21-13(27)9-26-10-20-16-15(26)17(28)25(3)19(29)24(16)2/h4-7,10H,8-9H2,1-3H3,(H,21,23,27). The Morgan fingerprint density at radius 3 is 2.57 bits per heavy atom. The Morgan fingerprint density at radius 2 is 1.83 bits per heavy atom. The average molecular weight is 409 g/mol. The molecule has 30 heavy (non-hydrogen) atoms. The summed E-state index contributed by atoms with van der Waals surface area (Å²) in [6.45, 7) is 1.79. The molecule has 3 heterocycles. The van der Waals surface area contributed by atoms with Crippen LogP contribution in [0.5, 0.6) is 0 Å². The number of imidazole rings is 1. The highest BCUT2D eigenvalue weighted by atomic mass is 16.4. The van der Waals surface area contributed by atoms with Crippen LogP contribution in [-0.4, -0.2) is 34.8 Å². The van der Waals surface area contributed by atoms with Gasteiger partial charge in [-0.15, -0.1) is 5.10 Å². The summed E-state index contributed by atoms with van der Waals surface area (Å²) in [5.74, 6) is -0.109. The molecule has 0 aliphatic carbocycles. The van der Waals surface area contributed by atoms with E-state index in [4.69, 9.17) is 4.42 Å². The van der Waals surface area contributed by atoms with E-state index in [0.29, 0.717) is 12.3 Å². The Bertz CT molecular complexity index is 1360. The maximum atomic E-state index is 12.4. The van der Waals surface area contributed by atoms with Crippen molar-refractivity contribution in [3.8, 4) is 0 Å². The second-order valence-electron chi connectivity index (χ2n) is 6.96. The first-order chi connectivity index (χ1) is 14.3. The Labute approximate surface area is 169 Å². The summed E-state index contributed by atoms with van der Waals surface area (Å²) in [7, 11) is 2.88. The Balaban J connectivity index is 1.49. The third-order valence-corrected chi connectivity index (χ3v) is 4.72. The fourth-order valence-corrected chi connectivity index (χ4v) is 3.09. The molecule has 0 atom stereocenters. The molecule has 0 saturated heterocycles. The number of carbonyl (C=O) groups excluding carboxylic acids is 1. The molecular weight excluding hydrogens is 390 g/mol. The van der Waals surface area contributed by atoms with Crippen LogP contribution in [0.1, 0.15) is 17.0 Å². The quantitative estimate of drug-likeness (QED) is 0.503. The Hall–Kier alpha value is -4.02. The smallest absolute Gasteiger partial charge is 0.332 e. The van der Waals surface area contributed by atoms with Gasteiger partial charge in [-0.1, -0.05) is 34.9 Å². The van der Waals surface area contributed by atoms with Crippen LogP contribution in [0.4, 0.5) is 6.01 Å². The molecule has 11 nitrogen and oxygen atoms in total. The lowest BCUT2D eigenvalue weighted by molar-refractivity contribution is -0.116. The van der Waals surface area contributed by atoms with E-state index in [2.05, 4.69) is 20.5 Å². The molecule has 0 bridgehead atoms. The number of anilines is 1. The number of rotatable bonds is 5. The van der Waals surface area contributed by atoms with Gasteiger partial charge in [0.1, 0.15) is 6.54 Å². The minimum absolute atomic E-state index is 0.0353. The monoisotopic (exact) mass is 409 g/mol. The summed E-state index contributed by atoms with van der Waals surface area (Å²) in [4.78, 5) is 40.9. The number of amides is 1. The van der Waals surface area contributed by atoms with Crippen LogP contribution in [0.15, 0.2) is 44.6 Å². The third kappa shape index (κ3) is 3.52. The van der Waals surface area contributed by atoms with Gasteiger partial charge in [0.25, 0.3) is 5.56 Å². The van der Waals surface area contributed by atoms with Crippen molar-refractivity contribution in [3.05, 3.63) is 68.4 Å². The first kappa shape index (κ1) is 19.3. The summed E-state index contributed by atoms with van der Waals surface area (Å²) in [5.41, 5.74) is 1.49. The van der Waals surface area contributed by atoms with Crippen molar-refractivity contribution in [3.63, 3.8) is 0 Å². The van der Waals surface area contributed by atoms with Crippen LogP contribution in [0, 0.1) is 6.92 Å². The number of nitrogens with zero attached hydrogens (tertiary/aromatic N) is 6. The second kappa shape index (κ2) is 7.43. The third-order valence-electron chi connectivity index (χ3n) is 4.72. The summed E-state index contributed by atoms with van der Waals surface area (Å²) in [6, 6.07) is 7.88. The first-order valence-corrected chi connectivity index (χ1v) is 9.12. The van der Waals surface area contributed by atoms with Gasteiger partial charge in [-0.2, -0.15) is 0 Å². The SMILES string of the molecule is Cc1ccc(Cc2nnc(NC(=O)Cn3cnc4c3c(=O)n(C)c(=O)n4C)o2)cc1. The van der Waals surface area contributed by atoms with Crippen molar-refractivity contribution in [2.24, 2.45) is 14.1 Å². The van der Waals surface area contributed by atoms with Gasteiger partial charge in [-0.05, 0) is 12.5 Å². The first-order valence-electron chi connectivity index (χ1n) is 9.12. The molecule has 0 unspecified atom stereocenters. The molecule has 3 aromatic heterocycles. The molecule has 154 valence electrons. The molecule has 4 aromatic rings. The van der Waals surface area contributed by atoms with Gasteiger partial charge in [0.05, 0.1) is 12.7 Å². The molecular formula is C19H19N7O4. The predicted octanol–water partition coefficient (Wildman–Crippen LogP) is 0.355. The number of hydrogen-bond donors (Lipinski definition) is 1. The minimum atomic E-state index is -0.531. The van der Waals surface area contributed by atoms with Gasteiger partial charge >= 0.3 is 11.7 Å². The van der Waals surface area contributed by atoms with Crippen LogP contribution >= 0.6 is 0 Å². The molecule has 0 radical (unpaired) electrons. The van der Waals surface area contributed by atoms with E-state index in [-0.39, 0.29) is 23.7 Å². The highest BCUT2D eigenvalue weighted by Gasteiger charge is 2.17. The molecule has 0 aliphatic rings. The molecule has 11 heteroatoms. The minimum Gasteiger partial charge on any atom is -0.407 e. The lowest BCUT2D eigenvalue weighted by Gasteiger charge is -2.06. The summed E-state index contributed by atoms with van der Waals surface area (Å²) >= 11 is 0. The van der Waals surface area contributed by atoms with Crippen molar-refractivity contribution < 1.29 is 9.21 Å². The molecule has 1 amide bonds. The van der Waals surface area contributed by atoms with Gasteiger partial charge in [0.2, 0.25) is 11.8 Å². The van der Waals surface area contributed by atoms with Crippen molar-refractivity contribution in [2.45, 2.75) is 19.9 Å². The normalized spacial score (nSPS) is 11.2. The van der Waals surface area contributed by atoms with Gasteiger partial charge < -0.3 is 8.98 Å². The number of nitrogens with one attached hydrogen (secondary N) is 1. The topological polar surface area (TPSA) is 130 Å². The van der Waals surface area contributed by atoms with Gasteiger partial charge in [-0.3, -0.25) is 24.0 Å². The zero-order chi connectivity index (χ0) is 21.4. The van der Waals surface area contributed by atoms with Crippen LogP contribution in [0.2, 0.25) is 0 Å². The molecule has 0 spiro atoms. The van der Waals surface area contributed by atoms with E-state index in [1.165, 1.54) is 29.6 Å². The van der Waals surface area contributed by atoms with Crippen LogP contribution < -0.4 is 16.6 Å². The number of carbonyl (C=O) groups is 1. The van der Waals surface area contributed by atoms with E-state index < -0.39 is 17.2 Å². The number of fused-ring (bicyclic) bond motifs is 1. The molecule has 0 saturated carbocycles. The lowest BCUT2D eigenvalue weighted by Crippen LogP contribution is -2.37. The number of aromatic nitrogens is 6.